The third kappa shape index (κ3) is 7.24. The Labute approximate surface area is 285 Å². The second kappa shape index (κ2) is 14.1. The molecule has 0 aliphatic heterocycles. The van der Waals surface area contributed by atoms with E-state index >= 15 is 0 Å². The van der Waals surface area contributed by atoms with Crippen molar-refractivity contribution >= 4 is 44.8 Å². The number of rotatable bonds is 5. The number of hydrogen-bond donors (Lipinski definition) is 0. The van der Waals surface area contributed by atoms with E-state index in [1.165, 1.54) is 42.0 Å². The van der Waals surface area contributed by atoms with Crippen LogP contribution in [0, 0.1) is 19.1 Å². The van der Waals surface area contributed by atoms with E-state index in [2.05, 4.69) is 136 Å². The summed E-state index contributed by atoms with van der Waals surface area (Å²) in [7, 11) is -1.32. The van der Waals surface area contributed by atoms with Crippen molar-refractivity contribution < 1.29 is 20.1 Å². The molecule has 0 fully saturated rings. The van der Waals surface area contributed by atoms with Crippen LogP contribution in [-0.4, -0.2) is 18.0 Å². The monoisotopic (exact) mass is 797 g/mol. The molecular weight excluding hydrogens is 761 g/mol. The van der Waals surface area contributed by atoms with Crippen LogP contribution in [0.1, 0.15) is 29.5 Å². The molecule has 0 amide bonds. The normalized spacial score (nSPS) is 11.8. The Kier molecular flexibility index (Phi) is 10.3. The van der Waals surface area contributed by atoms with E-state index in [-0.39, 0.29) is 20.1 Å². The Morgan fingerprint density at radius 2 is 1.51 bits per heavy atom. The van der Waals surface area contributed by atoms with Gasteiger partial charge in [0.2, 0.25) is 0 Å². The number of hydrogen-bond acceptors (Lipinski definition) is 3. The van der Waals surface area contributed by atoms with Crippen molar-refractivity contribution in [2.45, 2.75) is 39.4 Å². The summed E-state index contributed by atoms with van der Waals surface area (Å²) >= 11 is 1.84. The molecule has 1 atom stereocenters. The van der Waals surface area contributed by atoms with Crippen LogP contribution in [0.25, 0.3) is 42.7 Å². The molecule has 1 radical (unpaired) electrons. The van der Waals surface area contributed by atoms with Gasteiger partial charge in [-0.05, 0) is 50.3 Å². The summed E-state index contributed by atoms with van der Waals surface area (Å²) in [4.78, 5) is 9.17. The molecule has 227 valence electrons. The van der Waals surface area contributed by atoms with Gasteiger partial charge in [-0.15, -0.1) is 58.7 Å². The standard InChI is InChI=1S/C21H20NSSi.C19H16N.Ir/c1-14-9-11-16(18-12-10-15(13-22-18)24(2,3)4)21-20(14)17-7-5-6-8-19(17)23-21;1-15(16-8-3-2-4-9-16)17-10-7-11-18(14-17)19-12-5-6-13-20-19;/h5-10,12-13H,1-4H3;2-10,12-15H,1H3;/q2*-1;. The summed E-state index contributed by atoms with van der Waals surface area (Å²) in [6.45, 7) is 11.5. The molecule has 0 N–H and O–H groups in total. The topological polar surface area (TPSA) is 25.8 Å². The maximum atomic E-state index is 4.78. The van der Waals surface area contributed by atoms with Gasteiger partial charge in [-0.2, -0.15) is 11.3 Å². The van der Waals surface area contributed by atoms with Gasteiger partial charge in [-0.3, -0.25) is 0 Å². The fourth-order valence-electron chi connectivity index (χ4n) is 5.46. The van der Waals surface area contributed by atoms with Gasteiger partial charge < -0.3 is 9.97 Å². The maximum Gasteiger partial charge on any atom is 0.0795 e. The molecule has 4 aromatic carbocycles. The molecule has 5 heteroatoms. The van der Waals surface area contributed by atoms with Gasteiger partial charge in [0, 0.05) is 37.2 Å². The van der Waals surface area contributed by atoms with Gasteiger partial charge in [0.1, 0.15) is 0 Å². The van der Waals surface area contributed by atoms with E-state index in [1.807, 2.05) is 47.9 Å². The first kappa shape index (κ1) is 32.7. The summed E-state index contributed by atoms with van der Waals surface area (Å²) in [5, 5.41) is 4.08. The Morgan fingerprint density at radius 3 is 2.22 bits per heavy atom. The van der Waals surface area contributed by atoms with Crippen molar-refractivity contribution in [3.05, 3.63) is 150 Å². The van der Waals surface area contributed by atoms with Crippen LogP contribution in [0.3, 0.4) is 0 Å². The fourth-order valence-corrected chi connectivity index (χ4v) is 7.78. The van der Waals surface area contributed by atoms with Crippen LogP contribution >= 0.6 is 11.3 Å². The molecule has 0 saturated carbocycles. The predicted octanol–water partition coefficient (Wildman–Crippen LogP) is 10.5. The molecule has 0 bridgehead atoms. The van der Waals surface area contributed by atoms with Crippen molar-refractivity contribution in [1.29, 1.82) is 0 Å². The number of thiophene rings is 1. The third-order valence-corrected chi connectivity index (χ3v) is 11.3. The molecule has 0 spiro atoms. The number of aryl methyl sites for hydroxylation is 1. The van der Waals surface area contributed by atoms with E-state index in [4.69, 9.17) is 4.98 Å². The zero-order valence-electron chi connectivity index (χ0n) is 26.3. The van der Waals surface area contributed by atoms with E-state index in [1.54, 1.807) is 0 Å². The molecule has 3 heterocycles. The molecule has 1 unspecified atom stereocenters. The molecular formula is C40H36IrN2SSi-2. The number of nitrogens with zero attached hydrogens (tertiary/aromatic N) is 2. The van der Waals surface area contributed by atoms with Crippen molar-refractivity contribution in [2.24, 2.45) is 0 Å². The van der Waals surface area contributed by atoms with Gasteiger partial charge in [0.25, 0.3) is 0 Å². The minimum Gasteiger partial charge on any atom is -0.305 e. The second-order valence-electron chi connectivity index (χ2n) is 12.2. The molecule has 2 nitrogen and oxygen atoms in total. The summed E-state index contributed by atoms with van der Waals surface area (Å²) < 4.78 is 2.62. The van der Waals surface area contributed by atoms with Crippen molar-refractivity contribution in [3.63, 3.8) is 0 Å². The molecule has 45 heavy (non-hydrogen) atoms. The van der Waals surface area contributed by atoms with E-state index in [9.17, 15) is 0 Å². The largest absolute Gasteiger partial charge is 0.305 e. The molecule has 0 aliphatic carbocycles. The minimum absolute atomic E-state index is 0. The van der Waals surface area contributed by atoms with E-state index in [0.717, 1.165) is 22.5 Å². The minimum atomic E-state index is -1.32. The van der Waals surface area contributed by atoms with Crippen LogP contribution in [0.15, 0.2) is 122 Å². The fraction of sp³-hybridized carbons (Fsp3) is 0.150. The SMILES string of the molecule is CC(c1ccccc1)c1cc[c-]c(-c2ccccn2)c1.Cc1c[c-]c(-c2ccc([Si](C)(C)C)cn2)c2sc3ccccc3c12.[Ir]. The summed E-state index contributed by atoms with van der Waals surface area (Å²) in [5.74, 6) is 0.369. The van der Waals surface area contributed by atoms with Crippen LogP contribution < -0.4 is 5.19 Å². The van der Waals surface area contributed by atoms with Gasteiger partial charge in [0.15, 0.2) is 0 Å². The smallest absolute Gasteiger partial charge is 0.0795 e. The number of fused-ring (bicyclic) bond motifs is 3. The molecule has 0 aliphatic rings. The van der Waals surface area contributed by atoms with Crippen LogP contribution in [0.2, 0.25) is 19.6 Å². The van der Waals surface area contributed by atoms with Gasteiger partial charge >= 0.3 is 0 Å². The quantitative estimate of drug-likeness (QED) is 0.128. The van der Waals surface area contributed by atoms with E-state index < -0.39 is 8.07 Å². The van der Waals surface area contributed by atoms with Crippen LogP contribution in [0.4, 0.5) is 0 Å². The van der Waals surface area contributed by atoms with E-state index in [0.29, 0.717) is 5.92 Å². The first-order valence-electron chi connectivity index (χ1n) is 15.1. The van der Waals surface area contributed by atoms with Crippen molar-refractivity contribution in [1.82, 2.24) is 9.97 Å². The molecule has 3 aromatic heterocycles. The summed E-state index contributed by atoms with van der Waals surface area (Å²) in [6.07, 6.45) is 3.88. The number of pyridine rings is 2. The second-order valence-corrected chi connectivity index (χ2v) is 18.3. The van der Waals surface area contributed by atoms with Gasteiger partial charge in [-0.1, -0.05) is 112 Å². The van der Waals surface area contributed by atoms with Gasteiger partial charge in [0.05, 0.1) is 8.07 Å². The Morgan fingerprint density at radius 1 is 0.756 bits per heavy atom. The molecule has 0 saturated heterocycles. The predicted molar refractivity (Wildman–Crippen MR) is 192 cm³/mol. The maximum absolute atomic E-state index is 4.78. The Bertz CT molecular complexity index is 2010. The molecule has 7 rings (SSSR count). The van der Waals surface area contributed by atoms with Gasteiger partial charge in [-0.25, -0.2) is 0 Å². The number of benzene rings is 4. The average molecular weight is 797 g/mol. The summed E-state index contributed by atoms with van der Waals surface area (Å²) in [5.41, 5.74) is 8.05. The zero-order valence-corrected chi connectivity index (χ0v) is 30.5. The Balaban J connectivity index is 0.000000177. The van der Waals surface area contributed by atoms with Crippen molar-refractivity contribution in [2.75, 3.05) is 0 Å². The van der Waals surface area contributed by atoms with Crippen LogP contribution in [-0.2, 0) is 20.1 Å². The first-order valence-corrected chi connectivity index (χ1v) is 19.4. The Hall–Kier alpha value is -3.73. The third-order valence-electron chi connectivity index (χ3n) is 8.10. The van der Waals surface area contributed by atoms with Crippen molar-refractivity contribution in [3.8, 4) is 22.5 Å². The number of aromatic nitrogens is 2. The zero-order chi connectivity index (χ0) is 30.7. The average Bonchev–Trinajstić information content (AvgIpc) is 3.46. The first-order chi connectivity index (χ1) is 21.3. The van der Waals surface area contributed by atoms with Crippen LogP contribution in [0.5, 0.6) is 0 Å². The summed E-state index contributed by atoms with van der Waals surface area (Å²) in [6, 6.07) is 44.7. The molecule has 7 aromatic rings.